The molecule has 0 bridgehead atoms. The Bertz CT molecular complexity index is 1190. The lowest BCUT2D eigenvalue weighted by atomic mass is 9.99. The lowest BCUT2D eigenvalue weighted by molar-refractivity contribution is -0.596. The molecule has 1 saturated heterocycles. The molecule has 1 aliphatic rings. The number of nitrogens with one attached hydrogen (secondary N) is 2. The van der Waals surface area contributed by atoms with Crippen LogP contribution in [0, 0.1) is 0 Å². The summed E-state index contributed by atoms with van der Waals surface area (Å²) in [6.07, 6.45) is 1.83. The zero-order valence-electron chi connectivity index (χ0n) is 19.1. The Hall–Kier alpha value is -4.33. The maximum Gasteiger partial charge on any atom is 0.304 e. The smallest absolute Gasteiger partial charge is 0.304 e. The van der Waals surface area contributed by atoms with Crippen LogP contribution in [0.5, 0.6) is 17.2 Å². The van der Waals surface area contributed by atoms with Crippen LogP contribution in [0.4, 0.5) is 0 Å². The average Bonchev–Trinajstić information content (AvgIpc) is 3.18. The van der Waals surface area contributed by atoms with Crippen LogP contribution < -0.4 is 25.0 Å². The summed E-state index contributed by atoms with van der Waals surface area (Å²) in [7, 11) is 4.76. The van der Waals surface area contributed by atoms with Crippen molar-refractivity contribution in [2.75, 3.05) is 21.3 Å². The summed E-state index contributed by atoms with van der Waals surface area (Å²) in [6.45, 7) is 0. The van der Waals surface area contributed by atoms with Gasteiger partial charge in [-0.3, -0.25) is 9.59 Å². The number of carbonyl (C=O) groups is 2. The van der Waals surface area contributed by atoms with Crippen molar-refractivity contribution in [2.24, 2.45) is 0 Å². The van der Waals surface area contributed by atoms with Gasteiger partial charge >= 0.3 is 5.91 Å². The average molecular weight is 461 g/mol. The molecule has 0 radical (unpaired) electrons. The van der Waals surface area contributed by atoms with E-state index in [1.54, 1.807) is 50.3 Å². The molecule has 174 valence electrons. The number of rotatable bonds is 7. The second kappa shape index (κ2) is 10.1. The molecule has 0 unspecified atom stereocenters. The number of carbonyl (C=O) groups excluding carboxylic acids is 2. The van der Waals surface area contributed by atoms with E-state index in [-0.39, 0.29) is 11.8 Å². The zero-order chi connectivity index (χ0) is 24.1. The summed E-state index contributed by atoms with van der Waals surface area (Å²) in [5.41, 5.74) is 5.00. The van der Waals surface area contributed by atoms with E-state index in [4.69, 9.17) is 14.2 Å². The van der Waals surface area contributed by atoms with Crippen molar-refractivity contribution in [1.29, 1.82) is 0 Å². The number of hydrazine groups is 1. The number of amides is 2. The summed E-state index contributed by atoms with van der Waals surface area (Å²) in [5, 5.41) is 2.89. The van der Waals surface area contributed by atoms with E-state index in [0.29, 0.717) is 17.1 Å². The van der Waals surface area contributed by atoms with E-state index in [1.165, 1.54) is 0 Å². The van der Waals surface area contributed by atoms with Crippen molar-refractivity contribution in [1.82, 2.24) is 10.7 Å². The Kier molecular flexibility index (Phi) is 6.77. The number of ether oxygens (including phenoxy) is 3. The molecular weight excluding hydrogens is 434 g/mol. The lowest BCUT2D eigenvalue weighted by Gasteiger charge is -2.15. The van der Waals surface area contributed by atoms with Crippen LogP contribution in [0.15, 0.2) is 72.8 Å². The van der Waals surface area contributed by atoms with Gasteiger partial charge in [-0.05, 0) is 72.8 Å². The zero-order valence-corrected chi connectivity index (χ0v) is 19.1. The Balaban J connectivity index is 1.67. The van der Waals surface area contributed by atoms with E-state index in [1.807, 2.05) is 54.7 Å². The van der Waals surface area contributed by atoms with Crippen LogP contribution in [0.25, 0.3) is 0 Å². The van der Waals surface area contributed by atoms with E-state index in [2.05, 4.69) is 10.7 Å². The molecular formula is C26H26N3O5+. The van der Waals surface area contributed by atoms with Gasteiger partial charge in [-0.1, -0.05) is 0 Å². The Morgan fingerprint density at radius 3 is 1.85 bits per heavy atom. The number of hydrogen-bond donors (Lipinski definition) is 2. The number of nitrogens with zero attached hydrogens (tertiary/aromatic N) is 1. The summed E-state index contributed by atoms with van der Waals surface area (Å²) in [4.78, 5) is 26.0. The summed E-state index contributed by atoms with van der Waals surface area (Å²) in [6, 6.07) is 20.3. The van der Waals surface area contributed by atoms with E-state index in [0.717, 1.165) is 16.9 Å². The number of methoxy groups -OCH3 is 3. The molecule has 8 heteroatoms. The Labute approximate surface area is 197 Å². The highest BCUT2D eigenvalue weighted by molar-refractivity contribution is 5.98. The van der Waals surface area contributed by atoms with Crippen molar-refractivity contribution >= 4 is 18.0 Å². The molecule has 0 spiro atoms. The van der Waals surface area contributed by atoms with Crippen LogP contribution in [0.3, 0.4) is 0 Å². The second-order valence-electron chi connectivity index (χ2n) is 7.68. The highest BCUT2D eigenvalue weighted by atomic mass is 16.5. The van der Waals surface area contributed by atoms with Crippen LogP contribution >= 0.6 is 0 Å². The third kappa shape index (κ3) is 4.85. The lowest BCUT2D eigenvalue weighted by Crippen LogP contribution is -2.42. The molecule has 0 saturated carbocycles. The van der Waals surface area contributed by atoms with Crippen molar-refractivity contribution in [3.05, 3.63) is 89.5 Å². The molecule has 3 aromatic rings. The maximum atomic E-state index is 13.0. The van der Waals surface area contributed by atoms with Crippen LogP contribution in [0.1, 0.15) is 27.5 Å². The molecule has 2 atom stereocenters. The molecule has 2 N–H and O–H groups in total. The van der Waals surface area contributed by atoms with Crippen molar-refractivity contribution < 1.29 is 28.5 Å². The SMILES string of the molecule is COc1ccc(/C=[N+]2\NC(=O)[C@H](NC(=O)c3ccc(OC)cc3)[C@H]2c2ccc(OC)cc2)cc1. The van der Waals surface area contributed by atoms with Gasteiger partial charge in [0.05, 0.1) is 21.3 Å². The molecule has 1 aliphatic heterocycles. The summed E-state index contributed by atoms with van der Waals surface area (Å²) < 4.78 is 17.4. The third-order valence-corrected chi connectivity index (χ3v) is 5.64. The number of hydrazone groups is 1. The van der Waals surface area contributed by atoms with E-state index in [9.17, 15) is 9.59 Å². The number of hydrogen-bond acceptors (Lipinski definition) is 5. The van der Waals surface area contributed by atoms with Crippen molar-refractivity contribution in [3.8, 4) is 17.2 Å². The molecule has 34 heavy (non-hydrogen) atoms. The van der Waals surface area contributed by atoms with Gasteiger partial charge in [-0.25, -0.2) is 0 Å². The highest BCUT2D eigenvalue weighted by Gasteiger charge is 2.47. The minimum Gasteiger partial charge on any atom is -0.497 e. The third-order valence-electron chi connectivity index (χ3n) is 5.64. The first-order valence-electron chi connectivity index (χ1n) is 10.7. The molecule has 1 fully saturated rings. The van der Waals surface area contributed by atoms with Crippen LogP contribution in [-0.4, -0.2) is 50.1 Å². The molecule has 1 heterocycles. The summed E-state index contributed by atoms with van der Waals surface area (Å²) in [5.74, 6) is 1.41. The Morgan fingerprint density at radius 1 is 0.824 bits per heavy atom. The van der Waals surface area contributed by atoms with Crippen LogP contribution in [-0.2, 0) is 4.79 Å². The number of benzene rings is 3. The fourth-order valence-electron chi connectivity index (χ4n) is 3.80. The summed E-state index contributed by atoms with van der Waals surface area (Å²) >= 11 is 0. The topological polar surface area (TPSA) is 88.9 Å². The largest absolute Gasteiger partial charge is 0.497 e. The fraction of sp³-hybridized carbons (Fsp3) is 0.192. The van der Waals surface area contributed by atoms with Crippen molar-refractivity contribution in [2.45, 2.75) is 12.1 Å². The fourth-order valence-corrected chi connectivity index (χ4v) is 3.80. The highest BCUT2D eigenvalue weighted by Crippen LogP contribution is 2.27. The van der Waals surface area contributed by atoms with Gasteiger partial charge in [0.15, 0.2) is 6.04 Å². The predicted molar refractivity (Wildman–Crippen MR) is 127 cm³/mol. The van der Waals surface area contributed by atoms with Gasteiger partial charge in [-0.2, -0.15) is 0 Å². The van der Waals surface area contributed by atoms with Gasteiger partial charge in [0.1, 0.15) is 17.2 Å². The molecule has 8 nitrogen and oxygen atoms in total. The predicted octanol–water partition coefficient (Wildman–Crippen LogP) is 2.73. The van der Waals surface area contributed by atoms with E-state index < -0.39 is 12.1 Å². The van der Waals surface area contributed by atoms with Gasteiger partial charge in [0.25, 0.3) is 5.91 Å². The molecule has 0 aromatic heterocycles. The minimum atomic E-state index is -0.822. The van der Waals surface area contributed by atoms with Gasteiger partial charge in [0, 0.05) is 16.7 Å². The first kappa shape index (κ1) is 22.8. The second-order valence-corrected chi connectivity index (χ2v) is 7.68. The van der Waals surface area contributed by atoms with Gasteiger partial charge in [-0.15, -0.1) is 10.1 Å². The molecule has 3 aromatic carbocycles. The van der Waals surface area contributed by atoms with Gasteiger partial charge in [0.2, 0.25) is 12.3 Å². The Morgan fingerprint density at radius 2 is 1.32 bits per heavy atom. The first-order valence-corrected chi connectivity index (χ1v) is 10.7. The quantitative estimate of drug-likeness (QED) is 0.530. The van der Waals surface area contributed by atoms with Gasteiger partial charge < -0.3 is 19.5 Å². The molecule has 4 rings (SSSR count). The minimum absolute atomic E-state index is 0.313. The maximum absolute atomic E-state index is 13.0. The van der Waals surface area contributed by atoms with Crippen LogP contribution in [0.2, 0.25) is 0 Å². The standard InChI is InChI=1S/C26H25N3O5/c1-32-20-10-4-17(5-11-20)16-29-24(18-6-12-21(33-2)13-7-18)23(26(31)28-29)27-25(30)19-8-14-22(34-3)15-9-19/h4-16,23-24H,1-3H3,(H-,27,28,30,31)/p+1/b29-16-/t23-,24-/m1/s1. The molecule has 2 amide bonds. The van der Waals surface area contributed by atoms with Crippen molar-refractivity contribution in [3.63, 3.8) is 0 Å². The van der Waals surface area contributed by atoms with E-state index >= 15 is 0 Å². The normalized spacial score (nSPS) is 18.3. The monoisotopic (exact) mass is 460 g/mol. The molecule has 0 aliphatic carbocycles. The first-order chi connectivity index (χ1) is 16.5.